The third-order valence-electron chi connectivity index (χ3n) is 2.80. The number of rotatable bonds is 4. The molecule has 0 aromatic heterocycles. The second-order valence-corrected chi connectivity index (χ2v) is 5.53. The minimum atomic E-state index is -0.722. The van der Waals surface area contributed by atoms with Crippen molar-refractivity contribution in [2.75, 3.05) is 13.6 Å². The van der Waals surface area contributed by atoms with E-state index in [1.165, 1.54) is 0 Å². The molecule has 0 saturated carbocycles. The molecule has 0 spiro atoms. The average molecular weight is 201 g/mol. The van der Waals surface area contributed by atoms with Crippen molar-refractivity contribution in [3.63, 3.8) is 0 Å². The second-order valence-electron chi connectivity index (χ2n) is 5.53. The summed E-state index contributed by atoms with van der Waals surface area (Å²) < 4.78 is 0. The molecule has 0 aliphatic heterocycles. The molecule has 0 aromatic carbocycles. The van der Waals surface area contributed by atoms with Gasteiger partial charge in [0.1, 0.15) is 0 Å². The Morgan fingerprint density at radius 2 is 1.64 bits per heavy atom. The summed E-state index contributed by atoms with van der Waals surface area (Å²) in [7, 11) is 2.03. The van der Waals surface area contributed by atoms with Crippen LogP contribution in [0.3, 0.4) is 0 Å². The fourth-order valence-corrected chi connectivity index (χ4v) is 0.890. The number of carbonyl (C=O) groups is 1. The summed E-state index contributed by atoms with van der Waals surface area (Å²) in [5, 5.41) is 8.94. The first-order valence-electron chi connectivity index (χ1n) is 5.02. The fraction of sp³-hybridized carbons (Fsp3) is 0.909. The molecule has 0 aliphatic rings. The SMILES string of the molecule is CN(CCC(C)(C)C(=O)O)C(C)(C)C. The van der Waals surface area contributed by atoms with Crippen LogP contribution in [0.25, 0.3) is 0 Å². The lowest BCUT2D eigenvalue weighted by molar-refractivity contribution is -0.147. The minimum absolute atomic E-state index is 0.106. The topological polar surface area (TPSA) is 40.5 Å². The van der Waals surface area contributed by atoms with Gasteiger partial charge in [0.2, 0.25) is 0 Å². The van der Waals surface area contributed by atoms with Gasteiger partial charge in [0.25, 0.3) is 0 Å². The van der Waals surface area contributed by atoms with E-state index in [4.69, 9.17) is 5.11 Å². The predicted molar refractivity (Wildman–Crippen MR) is 58.4 cm³/mol. The molecular formula is C11H23NO2. The van der Waals surface area contributed by atoms with Crippen molar-refractivity contribution < 1.29 is 9.90 Å². The Morgan fingerprint density at radius 3 is 1.93 bits per heavy atom. The Labute approximate surface area is 87.1 Å². The molecule has 0 bridgehead atoms. The minimum Gasteiger partial charge on any atom is -0.481 e. The van der Waals surface area contributed by atoms with E-state index in [2.05, 4.69) is 25.7 Å². The first-order chi connectivity index (χ1) is 6.07. The van der Waals surface area contributed by atoms with Crippen molar-refractivity contribution in [2.45, 2.75) is 46.6 Å². The molecular weight excluding hydrogens is 178 g/mol. The normalized spacial score (nSPS) is 13.4. The van der Waals surface area contributed by atoms with Gasteiger partial charge < -0.3 is 10.0 Å². The molecule has 14 heavy (non-hydrogen) atoms. The average Bonchev–Trinajstić information content (AvgIpc) is 1.98. The van der Waals surface area contributed by atoms with Gasteiger partial charge in [0, 0.05) is 5.54 Å². The number of hydrogen-bond acceptors (Lipinski definition) is 2. The molecule has 0 aliphatic carbocycles. The largest absolute Gasteiger partial charge is 0.481 e. The van der Waals surface area contributed by atoms with Crippen molar-refractivity contribution in [1.29, 1.82) is 0 Å². The number of aliphatic carboxylic acids is 1. The monoisotopic (exact) mass is 201 g/mol. The lowest BCUT2D eigenvalue weighted by Gasteiger charge is -2.33. The van der Waals surface area contributed by atoms with Crippen molar-refractivity contribution in [2.24, 2.45) is 5.41 Å². The zero-order valence-corrected chi connectivity index (χ0v) is 10.2. The Bertz CT molecular complexity index is 204. The van der Waals surface area contributed by atoms with Crippen LogP contribution in [0.4, 0.5) is 0 Å². The molecule has 84 valence electrons. The van der Waals surface area contributed by atoms with Crippen LogP contribution >= 0.6 is 0 Å². The molecule has 3 heteroatoms. The summed E-state index contributed by atoms with van der Waals surface area (Å²) in [6.45, 7) is 10.7. The summed E-state index contributed by atoms with van der Waals surface area (Å²) in [6, 6.07) is 0. The van der Waals surface area contributed by atoms with E-state index < -0.39 is 11.4 Å². The third kappa shape index (κ3) is 4.09. The molecule has 0 rings (SSSR count). The molecule has 3 nitrogen and oxygen atoms in total. The van der Waals surface area contributed by atoms with E-state index in [-0.39, 0.29) is 5.54 Å². The molecule has 0 unspecified atom stereocenters. The van der Waals surface area contributed by atoms with Crippen LogP contribution in [-0.2, 0) is 4.79 Å². The van der Waals surface area contributed by atoms with E-state index in [1.807, 2.05) is 7.05 Å². The van der Waals surface area contributed by atoms with Gasteiger partial charge >= 0.3 is 5.97 Å². The summed E-state index contributed by atoms with van der Waals surface area (Å²) in [5.74, 6) is -0.722. The van der Waals surface area contributed by atoms with Gasteiger partial charge in [-0.25, -0.2) is 0 Å². The van der Waals surface area contributed by atoms with Crippen LogP contribution in [0, 0.1) is 5.41 Å². The van der Waals surface area contributed by atoms with Gasteiger partial charge in [-0.2, -0.15) is 0 Å². The molecule has 1 N–H and O–H groups in total. The van der Waals surface area contributed by atoms with Crippen molar-refractivity contribution in [3.05, 3.63) is 0 Å². The first-order valence-corrected chi connectivity index (χ1v) is 5.02. The Kier molecular flexibility index (Phi) is 4.13. The fourth-order valence-electron chi connectivity index (χ4n) is 0.890. The summed E-state index contributed by atoms with van der Waals surface area (Å²) >= 11 is 0. The van der Waals surface area contributed by atoms with Gasteiger partial charge in [0.05, 0.1) is 5.41 Å². The highest BCUT2D eigenvalue weighted by Crippen LogP contribution is 2.22. The maximum atomic E-state index is 10.9. The maximum Gasteiger partial charge on any atom is 0.309 e. The van der Waals surface area contributed by atoms with E-state index in [0.717, 1.165) is 6.54 Å². The third-order valence-corrected chi connectivity index (χ3v) is 2.80. The van der Waals surface area contributed by atoms with E-state index in [9.17, 15) is 4.79 Å². The molecule has 0 aromatic rings. The van der Waals surface area contributed by atoms with Crippen molar-refractivity contribution in [1.82, 2.24) is 4.90 Å². The van der Waals surface area contributed by atoms with Gasteiger partial charge in [-0.1, -0.05) is 0 Å². The zero-order chi connectivity index (χ0) is 11.6. The van der Waals surface area contributed by atoms with Crippen LogP contribution in [0.15, 0.2) is 0 Å². The number of hydrogen-bond donors (Lipinski definition) is 1. The van der Waals surface area contributed by atoms with Gasteiger partial charge in [0.15, 0.2) is 0 Å². The molecule has 0 amide bonds. The molecule has 0 atom stereocenters. The van der Waals surface area contributed by atoms with Crippen molar-refractivity contribution in [3.8, 4) is 0 Å². The highest BCUT2D eigenvalue weighted by Gasteiger charge is 2.28. The lowest BCUT2D eigenvalue weighted by Crippen LogP contribution is -2.40. The zero-order valence-electron chi connectivity index (χ0n) is 10.2. The highest BCUT2D eigenvalue weighted by atomic mass is 16.4. The summed E-state index contributed by atoms with van der Waals surface area (Å²) in [4.78, 5) is 13.0. The van der Waals surface area contributed by atoms with E-state index >= 15 is 0 Å². The molecule has 0 saturated heterocycles. The molecule has 0 radical (unpaired) electrons. The van der Waals surface area contributed by atoms with E-state index in [1.54, 1.807) is 13.8 Å². The Morgan fingerprint density at radius 1 is 1.21 bits per heavy atom. The number of carboxylic acid groups (broad SMARTS) is 1. The van der Waals surface area contributed by atoms with Gasteiger partial charge in [-0.3, -0.25) is 4.79 Å². The lowest BCUT2D eigenvalue weighted by atomic mass is 9.89. The van der Waals surface area contributed by atoms with E-state index in [0.29, 0.717) is 6.42 Å². The Hall–Kier alpha value is -0.570. The highest BCUT2D eigenvalue weighted by molar-refractivity contribution is 5.73. The van der Waals surface area contributed by atoms with Gasteiger partial charge in [-0.05, 0) is 54.6 Å². The molecule has 0 fully saturated rings. The maximum absolute atomic E-state index is 10.9. The Balaban J connectivity index is 4.13. The summed E-state index contributed by atoms with van der Waals surface area (Å²) in [5.41, 5.74) is -0.520. The smallest absolute Gasteiger partial charge is 0.309 e. The summed E-state index contributed by atoms with van der Waals surface area (Å²) in [6.07, 6.45) is 0.677. The standard InChI is InChI=1S/C11H23NO2/c1-10(2,3)12(6)8-7-11(4,5)9(13)14/h7-8H2,1-6H3,(H,13,14). The van der Waals surface area contributed by atoms with Crippen LogP contribution in [0.5, 0.6) is 0 Å². The first kappa shape index (κ1) is 13.4. The van der Waals surface area contributed by atoms with Gasteiger partial charge in [-0.15, -0.1) is 0 Å². The van der Waals surface area contributed by atoms with Crippen molar-refractivity contribution >= 4 is 5.97 Å². The van der Waals surface area contributed by atoms with Crippen LogP contribution in [-0.4, -0.2) is 35.1 Å². The quantitative estimate of drug-likeness (QED) is 0.758. The predicted octanol–water partition coefficient (Wildman–Crippen LogP) is 2.22. The number of nitrogens with zero attached hydrogens (tertiary/aromatic N) is 1. The number of carboxylic acids is 1. The van der Waals surface area contributed by atoms with Crippen LogP contribution < -0.4 is 0 Å². The second kappa shape index (κ2) is 4.30. The van der Waals surface area contributed by atoms with Crippen LogP contribution in [0.2, 0.25) is 0 Å². The van der Waals surface area contributed by atoms with Crippen LogP contribution in [0.1, 0.15) is 41.0 Å². The molecule has 0 heterocycles.